The van der Waals surface area contributed by atoms with Crippen LogP contribution in [-0.2, 0) is 4.79 Å². The van der Waals surface area contributed by atoms with E-state index >= 15 is 0 Å². The Hall–Kier alpha value is -1.20. The summed E-state index contributed by atoms with van der Waals surface area (Å²) in [4.78, 5) is 11.7. The molecule has 0 heterocycles. The van der Waals surface area contributed by atoms with Gasteiger partial charge < -0.3 is 5.11 Å². The molecular weight excluding hydrogens is 200 g/mol. The van der Waals surface area contributed by atoms with E-state index in [2.05, 4.69) is 0 Å². The van der Waals surface area contributed by atoms with Crippen LogP contribution in [0.1, 0.15) is 5.56 Å². The van der Waals surface area contributed by atoms with Gasteiger partial charge >= 0.3 is 0 Å². The van der Waals surface area contributed by atoms with Crippen molar-refractivity contribution in [2.45, 2.75) is 11.8 Å². The molecule has 4 N–H and O–H groups in total. The van der Waals surface area contributed by atoms with Crippen molar-refractivity contribution in [2.24, 2.45) is 5.84 Å². The van der Waals surface area contributed by atoms with E-state index < -0.39 is 0 Å². The number of hydrogen-bond acceptors (Lipinski definition) is 4. The predicted molar refractivity (Wildman–Crippen MR) is 55.9 cm³/mol. The van der Waals surface area contributed by atoms with Crippen molar-refractivity contribution in [3.05, 3.63) is 23.8 Å². The molecule has 1 amide bonds. The average Bonchev–Trinajstić information content (AvgIpc) is 2.19. The van der Waals surface area contributed by atoms with E-state index in [-0.39, 0.29) is 17.4 Å². The SMILES string of the molecule is Cc1ccc(SCC(=O)NN)cc1O. The summed E-state index contributed by atoms with van der Waals surface area (Å²) in [6, 6.07) is 5.28. The normalized spacial score (nSPS) is 9.86. The lowest BCUT2D eigenvalue weighted by atomic mass is 10.2. The van der Waals surface area contributed by atoms with Crippen LogP contribution in [-0.4, -0.2) is 16.8 Å². The lowest BCUT2D eigenvalue weighted by Crippen LogP contribution is -2.31. The fraction of sp³-hybridized carbons (Fsp3) is 0.222. The van der Waals surface area contributed by atoms with Crippen molar-refractivity contribution >= 4 is 17.7 Å². The molecule has 0 aromatic heterocycles. The van der Waals surface area contributed by atoms with Crippen molar-refractivity contribution in [3.63, 3.8) is 0 Å². The summed E-state index contributed by atoms with van der Waals surface area (Å²) in [6.07, 6.45) is 0. The van der Waals surface area contributed by atoms with Gasteiger partial charge in [0, 0.05) is 4.90 Å². The van der Waals surface area contributed by atoms with Gasteiger partial charge in [-0.3, -0.25) is 10.2 Å². The van der Waals surface area contributed by atoms with Gasteiger partial charge in [0.15, 0.2) is 0 Å². The zero-order valence-electron chi connectivity index (χ0n) is 7.78. The number of hydrogen-bond donors (Lipinski definition) is 3. The molecule has 0 aliphatic carbocycles. The predicted octanol–water partition coefficient (Wildman–Crippen LogP) is 0.783. The highest BCUT2D eigenvalue weighted by molar-refractivity contribution is 8.00. The summed E-state index contributed by atoms with van der Waals surface area (Å²) in [5.74, 6) is 5.18. The highest BCUT2D eigenvalue weighted by Crippen LogP contribution is 2.24. The summed E-state index contributed by atoms with van der Waals surface area (Å²) in [5, 5.41) is 9.38. The van der Waals surface area contributed by atoms with Gasteiger partial charge in [-0.25, -0.2) is 5.84 Å². The maximum Gasteiger partial charge on any atom is 0.244 e. The minimum atomic E-state index is -0.241. The van der Waals surface area contributed by atoms with E-state index in [1.807, 2.05) is 18.4 Å². The lowest BCUT2D eigenvalue weighted by Gasteiger charge is -2.03. The number of hydrazine groups is 1. The summed E-state index contributed by atoms with van der Waals surface area (Å²) in [6.45, 7) is 1.82. The topological polar surface area (TPSA) is 75.4 Å². The number of carbonyl (C=O) groups is 1. The summed E-state index contributed by atoms with van der Waals surface area (Å²) in [7, 11) is 0. The first-order chi connectivity index (χ1) is 6.63. The summed E-state index contributed by atoms with van der Waals surface area (Å²) >= 11 is 1.32. The van der Waals surface area contributed by atoms with E-state index in [0.717, 1.165) is 10.5 Å². The molecular formula is C9H12N2O2S. The molecule has 0 fully saturated rings. The number of nitrogens with two attached hydrogens (primary N) is 1. The Morgan fingerprint density at radius 2 is 2.36 bits per heavy atom. The second-order valence-corrected chi connectivity index (χ2v) is 3.85. The molecule has 14 heavy (non-hydrogen) atoms. The van der Waals surface area contributed by atoms with Crippen LogP contribution in [0.15, 0.2) is 23.1 Å². The smallest absolute Gasteiger partial charge is 0.244 e. The molecule has 0 radical (unpaired) electrons. The third-order valence-corrected chi connectivity index (χ3v) is 2.71. The van der Waals surface area contributed by atoms with Crippen molar-refractivity contribution < 1.29 is 9.90 Å². The highest BCUT2D eigenvalue weighted by Gasteiger charge is 2.02. The molecule has 4 nitrogen and oxygen atoms in total. The van der Waals surface area contributed by atoms with Crippen molar-refractivity contribution in [1.29, 1.82) is 0 Å². The summed E-state index contributed by atoms with van der Waals surface area (Å²) in [5.41, 5.74) is 2.86. The average molecular weight is 212 g/mol. The third kappa shape index (κ3) is 2.93. The van der Waals surface area contributed by atoms with Crippen LogP contribution in [0.2, 0.25) is 0 Å². The lowest BCUT2D eigenvalue weighted by molar-refractivity contribution is -0.118. The monoisotopic (exact) mass is 212 g/mol. The van der Waals surface area contributed by atoms with Crippen molar-refractivity contribution in [3.8, 4) is 5.75 Å². The molecule has 1 aromatic rings. The number of aryl methyl sites for hydroxylation is 1. The number of benzene rings is 1. The van der Waals surface area contributed by atoms with Crippen LogP contribution >= 0.6 is 11.8 Å². The minimum Gasteiger partial charge on any atom is -0.508 e. The van der Waals surface area contributed by atoms with Gasteiger partial charge in [0.2, 0.25) is 5.91 Å². The Morgan fingerprint density at radius 3 is 2.93 bits per heavy atom. The quantitative estimate of drug-likeness (QED) is 0.299. The van der Waals surface area contributed by atoms with Gasteiger partial charge in [-0.05, 0) is 24.6 Å². The third-order valence-electron chi connectivity index (χ3n) is 1.71. The number of rotatable bonds is 3. The number of amides is 1. The molecule has 0 bridgehead atoms. The molecule has 5 heteroatoms. The van der Waals surface area contributed by atoms with Gasteiger partial charge in [-0.1, -0.05) is 6.07 Å². The zero-order chi connectivity index (χ0) is 10.6. The fourth-order valence-corrected chi connectivity index (χ4v) is 1.61. The van der Waals surface area contributed by atoms with Gasteiger partial charge in [0.1, 0.15) is 5.75 Å². The van der Waals surface area contributed by atoms with Crippen LogP contribution in [0.25, 0.3) is 0 Å². The number of nitrogens with one attached hydrogen (secondary N) is 1. The number of phenolic OH excluding ortho intramolecular Hbond substituents is 1. The highest BCUT2D eigenvalue weighted by atomic mass is 32.2. The molecule has 0 spiro atoms. The first-order valence-corrected chi connectivity index (χ1v) is 5.04. The number of thioether (sulfide) groups is 1. The minimum absolute atomic E-state index is 0.239. The van der Waals surface area contributed by atoms with E-state index in [1.54, 1.807) is 12.1 Å². The molecule has 76 valence electrons. The molecule has 0 atom stereocenters. The number of carbonyl (C=O) groups excluding carboxylic acids is 1. The Kier molecular flexibility index (Phi) is 3.79. The molecule has 1 rings (SSSR count). The van der Waals surface area contributed by atoms with Gasteiger partial charge in [-0.15, -0.1) is 11.8 Å². The summed E-state index contributed by atoms with van der Waals surface area (Å²) < 4.78 is 0. The molecule has 1 aromatic carbocycles. The van der Waals surface area contributed by atoms with Gasteiger partial charge in [-0.2, -0.15) is 0 Å². The molecule has 0 aliphatic rings. The molecule has 0 saturated heterocycles. The van der Waals surface area contributed by atoms with Gasteiger partial charge in [0.05, 0.1) is 5.75 Å². The first kappa shape index (κ1) is 10.9. The number of phenols is 1. The van der Waals surface area contributed by atoms with E-state index in [1.165, 1.54) is 11.8 Å². The maximum absolute atomic E-state index is 10.8. The van der Waals surface area contributed by atoms with Gasteiger partial charge in [0.25, 0.3) is 0 Å². The van der Waals surface area contributed by atoms with Crippen LogP contribution in [0.3, 0.4) is 0 Å². The Morgan fingerprint density at radius 1 is 1.64 bits per heavy atom. The zero-order valence-corrected chi connectivity index (χ0v) is 8.60. The van der Waals surface area contributed by atoms with Crippen molar-refractivity contribution in [1.82, 2.24) is 5.43 Å². The number of aromatic hydroxyl groups is 1. The largest absolute Gasteiger partial charge is 0.508 e. The van der Waals surface area contributed by atoms with Crippen LogP contribution in [0.4, 0.5) is 0 Å². The van der Waals surface area contributed by atoms with E-state index in [4.69, 9.17) is 5.84 Å². The van der Waals surface area contributed by atoms with Crippen molar-refractivity contribution in [2.75, 3.05) is 5.75 Å². The second-order valence-electron chi connectivity index (χ2n) is 2.80. The molecule has 0 aliphatic heterocycles. The second kappa shape index (κ2) is 4.88. The Labute approximate surface area is 86.5 Å². The molecule has 0 saturated carbocycles. The van der Waals surface area contributed by atoms with E-state index in [0.29, 0.717) is 0 Å². The van der Waals surface area contributed by atoms with Crippen LogP contribution in [0.5, 0.6) is 5.75 Å². The standard InChI is InChI=1S/C9H12N2O2S/c1-6-2-3-7(4-8(6)12)14-5-9(13)11-10/h2-4,12H,5,10H2,1H3,(H,11,13). The Balaban J connectivity index is 2.60. The van der Waals surface area contributed by atoms with Crippen LogP contribution < -0.4 is 11.3 Å². The molecule has 0 unspecified atom stereocenters. The first-order valence-electron chi connectivity index (χ1n) is 4.05. The Bertz CT molecular complexity index is 342. The fourth-order valence-electron chi connectivity index (χ4n) is 0.870. The van der Waals surface area contributed by atoms with E-state index in [9.17, 15) is 9.90 Å². The maximum atomic E-state index is 10.8. The van der Waals surface area contributed by atoms with Crippen LogP contribution in [0, 0.1) is 6.92 Å².